The summed E-state index contributed by atoms with van der Waals surface area (Å²) in [4.78, 5) is 12.3. The number of carbonyl (C=O) groups is 1. The quantitative estimate of drug-likeness (QED) is 0.348. The predicted octanol–water partition coefficient (Wildman–Crippen LogP) is 5.24. The highest BCUT2D eigenvalue weighted by molar-refractivity contribution is 8.18. The molecule has 0 radical (unpaired) electrons. The Kier molecular flexibility index (Phi) is 8.84. The fourth-order valence-corrected chi connectivity index (χ4v) is 3.67. The molecule has 1 heterocycles. The number of nitrogens with one attached hydrogen (secondary N) is 2. The number of benzene rings is 2. The first kappa shape index (κ1) is 22.7. The Morgan fingerprint density at radius 3 is 2.26 bits per heavy atom. The van der Waals surface area contributed by atoms with Gasteiger partial charge in [-0.1, -0.05) is 44.4 Å². The van der Waals surface area contributed by atoms with Crippen LogP contribution in [0, 0.1) is 5.41 Å². The van der Waals surface area contributed by atoms with Gasteiger partial charge >= 0.3 is 0 Å². The fourth-order valence-electron chi connectivity index (χ4n) is 2.98. The van der Waals surface area contributed by atoms with Crippen LogP contribution in [0.25, 0.3) is 6.08 Å². The molecule has 2 N–H and O–H groups in total. The maximum Gasteiger partial charge on any atom is 0.264 e. The van der Waals surface area contributed by atoms with Gasteiger partial charge < -0.3 is 19.5 Å². The molecule has 0 bridgehead atoms. The number of ether oxygens (including phenoxy) is 3. The van der Waals surface area contributed by atoms with Gasteiger partial charge in [-0.3, -0.25) is 10.2 Å². The van der Waals surface area contributed by atoms with E-state index in [0.29, 0.717) is 23.9 Å². The maximum atomic E-state index is 11.8. The van der Waals surface area contributed by atoms with E-state index in [-0.39, 0.29) is 11.1 Å². The fraction of sp³-hybridized carbons (Fsp3) is 0.333. The molecule has 0 aliphatic carbocycles. The number of para-hydroxylation sites is 1. The minimum absolute atomic E-state index is 0.135. The van der Waals surface area contributed by atoms with Gasteiger partial charge in [0.05, 0.1) is 11.5 Å². The van der Waals surface area contributed by atoms with Crippen molar-refractivity contribution in [1.82, 2.24) is 5.32 Å². The van der Waals surface area contributed by atoms with Crippen molar-refractivity contribution in [3.63, 3.8) is 0 Å². The number of carbonyl (C=O) groups excluding carboxylic acids is 1. The third-order valence-corrected chi connectivity index (χ3v) is 5.40. The standard InChI is InChI=1S/C24H28N2O4S/c1-2-3-4-7-14-28-19-10-12-20(13-11-19)29-15-16-30-21-9-6-5-8-18(21)17-22-23(27)26-24(25)31-22/h5-6,8-13,17H,2-4,7,14-16H2,1H3,(H2,25,26,27). The van der Waals surface area contributed by atoms with Gasteiger partial charge in [0.2, 0.25) is 0 Å². The van der Waals surface area contributed by atoms with E-state index in [1.54, 1.807) is 6.08 Å². The molecule has 31 heavy (non-hydrogen) atoms. The molecule has 1 aliphatic heterocycles. The van der Waals surface area contributed by atoms with Crippen molar-refractivity contribution in [2.45, 2.75) is 32.6 Å². The van der Waals surface area contributed by atoms with Gasteiger partial charge in [0, 0.05) is 5.56 Å². The lowest BCUT2D eigenvalue weighted by Crippen LogP contribution is -2.18. The van der Waals surface area contributed by atoms with E-state index in [0.717, 1.165) is 41.9 Å². The van der Waals surface area contributed by atoms with Crippen LogP contribution in [0.1, 0.15) is 38.2 Å². The lowest BCUT2D eigenvalue weighted by atomic mass is 10.2. The molecule has 164 valence electrons. The average molecular weight is 441 g/mol. The second-order valence-corrected chi connectivity index (χ2v) is 8.06. The summed E-state index contributed by atoms with van der Waals surface area (Å²) in [6, 6.07) is 15.1. The number of hydrogen-bond acceptors (Lipinski definition) is 6. The van der Waals surface area contributed by atoms with E-state index >= 15 is 0 Å². The Hall–Kier alpha value is -2.93. The zero-order chi connectivity index (χ0) is 21.9. The molecule has 7 heteroatoms. The monoisotopic (exact) mass is 440 g/mol. The summed E-state index contributed by atoms with van der Waals surface area (Å²) >= 11 is 1.11. The average Bonchev–Trinajstić information content (AvgIpc) is 3.09. The summed E-state index contributed by atoms with van der Waals surface area (Å²) in [5, 5.41) is 10.2. The predicted molar refractivity (Wildman–Crippen MR) is 125 cm³/mol. The van der Waals surface area contributed by atoms with Crippen LogP contribution in [0.15, 0.2) is 53.4 Å². The Bertz CT molecular complexity index is 912. The van der Waals surface area contributed by atoms with Gasteiger partial charge in [0.25, 0.3) is 5.91 Å². The lowest BCUT2D eigenvalue weighted by molar-refractivity contribution is -0.115. The van der Waals surface area contributed by atoms with Crippen molar-refractivity contribution in [1.29, 1.82) is 5.41 Å². The van der Waals surface area contributed by atoms with E-state index in [4.69, 9.17) is 19.6 Å². The molecule has 0 atom stereocenters. The second kappa shape index (κ2) is 12.1. The summed E-state index contributed by atoms with van der Waals surface area (Å²) in [5.74, 6) is 2.01. The molecule has 1 aliphatic rings. The summed E-state index contributed by atoms with van der Waals surface area (Å²) in [5.41, 5.74) is 0.787. The number of hydrogen-bond donors (Lipinski definition) is 2. The zero-order valence-electron chi connectivity index (χ0n) is 17.7. The van der Waals surface area contributed by atoms with Crippen molar-refractivity contribution >= 4 is 28.9 Å². The van der Waals surface area contributed by atoms with E-state index < -0.39 is 0 Å². The van der Waals surface area contributed by atoms with Gasteiger partial charge in [-0.05, 0) is 54.6 Å². The molecule has 0 aromatic heterocycles. The molecular weight excluding hydrogens is 412 g/mol. The molecule has 6 nitrogen and oxygen atoms in total. The Morgan fingerprint density at radius 1 is 0.903 bits per heavy atom. The van der Waals surface area contributed by atoms with E-state index in [2.05, 4.69) is 12.2 Å². The lowest BCUT2D eigenvalue weighted by Gasteiger charge is -2.11. The summed E-state index contributed by atoms with van der Waals surface area (Å²) in [6.45, 7) is 3.70. The minimum atomic E-state index is -0.262. The van der Waals surface area contributed by atoms with Crippen LogP contribution in [-0.4, -0.2) is 30.9 Å². The maximum absolute atomic E-state index is 11.8. The normalized spacial score (nSPS) is 14.5. The topological polar surface area (TPSA) is 80.6 Å². The van der Waals surface area contributed by atoms with Gasteiger partial charge in [-0.25, -0.2) is 0 Å². The molecule has 3 rings (SSSR count). The van der Waals surface area contributed by atoms with E-state index in [9.17, 15) is 4.79 Å². The summed E-state index contributed by atoms with van der Waals surface area (Å²) in [7, 11) is 0. The van der Waals surface area contributed by atoms with Crippen LogP contribution in [0.4, 0.5) is 0 Å². The molecule has 1 fully saturated rings. The SMILES string of the molecule is CCCCCCOc1ccc(OCCOc2ccccc2C=C2SC(=N)NC2=O)cc1. The van der Waals surface area contributed by atoms with Crippen LogP contribution < -0.4 is 19.5 Å². The van der Waals surface area contributed by atoms with Gasteiger partial charge in [-0.2, -0.15) is 0 Å². The Morgan fingerprint density at radius 2 is 1.58 bits per heavy atom. The number of thioether (sulfide) groups is 1. The smallest absolute Gasteiger partial charge is 0.264 e. The summed E-state index contributed by atoms with van der Waals surface area (Å²) in [6.07, 6.45) is 6.49. The first-order valence-corrected chi connectivity index (χ1v) is 11.3. The van der Waals surface area contributed by atoms with Crippen LogP contribution in [0.3, 0.4) is 0 Å². The number of amides is 1. The van der Waals surface area contributed by atoms with Gasteiger partial charge in [0.1, 0.15) is 30.5 Å². The largest absolute Gasteiger partial charge is 0.494 e. The van der Waals surface area contributed by atoms with E-state index in [1.165, 1.54) is 19.3 Å². The Labute approximate surface area is 187 Å². The van der Waals surface area contributed by atoms with Crippen LogP contribution in [0.5, 0.6) is 17.2 Å². The van der Waals surface area contributed by atoms with Gasteiger partial charge in [-0.15, -0.1) is 0 Å². The first-order chi connectivity index (χ1) is 15.2. The molecule has 0 saturated carbocycles. The van der Waals surface area contributed by atoms with Crippen LogP contribution in [0.2, 0.25) is 0 Å². The first-order valence-electron chi connectivity index (χ1n) is 10.5. The molecular formula is C24H28N2O4S. The second-order valence-electron chi connectivity index (χ2n) is 7.01. The highest BCUT2D eigenvalue weighted by atomic mass is 32.2. The molecule has 0 unspecified atom stereocenters. The zero-order valence-corrected chi connectivity index (χ0v) is 18.5. The van der Waals surface area contributed by atoms with Crippen molar-refractivity contribution in [3.8, 4) is 17.2 Å². The Balaban J connectivity index is 1.43. The van der Waals surface area contributed by atoms with Gasteiger partial charge in [0.15, 0.2) is 5.17 Å². The van der Waals surface area contributed by atoms with Crippen LogP contribution >= 0.6 is 11.8 Å². The molecule has 0 spiro atoms. The summed E-state index contributed by atoms with van der Waals surface area (Å²) < 4.78 is 17.3. The van der Waals surface area contributed by atoms with Crippen LogP contribution in [-0.2, 0) is 4.79 Å². The van der Waals surface area contributed by atoms with Crippen molar-refractivity contribution in [3.05, 3.63) is 59.0 Å². The number of unbranched alkanes of at least 4 members (excludes halogenated alkanes) is 3. The minimum Gasteiger partial charge on any atom is -0.494 e. The number of rotatable bonds is 12. The molecule has 1 saturated heterocycles. The number of amidine groups is 1. The molecule has 2 aromatic carbocycles. The molecule has 1 amide bonds. The van der Waals surface area contributed by atoms with Crippen molar-refractivity contribution < 1.29 is 19.0 Å². The third-order valence-electron chi connectivity index (χ3n) is 4.57. The highest BCUT2D eigenvalue weighted by Gasteiger charge is 2.22. The van der Waals surface area contributed by atoms with Crippen molar-refractivity contribution in [2.75, 3.05) is 19.8 Å². The van der Waals surface area contributed by atoms with Crippen molar-refractivity contribution in [2.24, 2.45) is 0 Å². The molecule has 2 aromatic rings. The third kappa shape index (κ3) is 7.36. The highest BCUT2D eigenvalue weighted by Crippen LogP contribution is 2.28. The van der Waals surface area contributed by atoms with E-state index in [1.807, 2.05) is 48.5 Å².